The second-order valence-electron chi connectivity index (χ2n) is 7.55. The Hall–Kier alpha value is -2.14. The van der Waals surface area contributed by atoms with E-state index in [4.69, 9.17) is 4.74 Å². The van der Waals surface area contributed by atoms with Crippen LogP contribution in [0.2, 0.25) is 0 Å². The molecule has 0 radical (unpaired) electrons. The zero-order valence-electron chi connectivity index (χ0n) is 16.8. The van der Waals surface area contributed by atoms with Crippen molar-refractivity contribution in [2.24, 2.45) is 5.41 Å². The van der Waals surface area contributed by atoms with Gasteiger partial charge in [0.1, 0.15) is 0 Å². The molecule has 1 fully saturated rings. The third kappa shape index (κ3) is 4.41. The SMILES string of the molecule is CCOC(=O)C1(Cc2ccccc2)CCCN(Cc2cnn(CC)c2C)C1. The van der Waals surface area contributed by atoms with Crippen LogP contribution in [0.25, 0.3) is 0 Å². The normalized spacial score (nSPS) is 20.6. The number of hydrogen-bond donors (Lipinski definition) is 0. The van der Waals surface area contributed by atoms with E-state index in [1.165, 1.54) is 16.8 Å². The largest absolute Gasteiger partial charge is 0.466 e. The topological polar surface area (TPSA) is 47.4 Å². The van der Waals surface area contributed by atoms with Gasteiger partial charge in [-0.3, -0.25) is 14.4 Å². The number of esters is 1. The Morgan fingerprint density at radius 3 is 2.70 bits per heavy atom. The highest BCUT2D eigenvalue weighted by molar-refractivity contribution is 5.77. The first-order chi connectivity index (χ1) is 13.1. The Morgan fingerprint density at radius 1 is 1.26 bits per heavy atom. The summed E-state index contributed by atoms with van der Waals surface area (Å²) >= 11 is 0. The maximum atomic E-state index is 13.0. The lowest BCUT2D eigenvalue weighted by Gasteiger charge is -2.41. The molecule has 5 nitrogen and oxygen atoms in total. The Morgan fingerprint density at radius 2 is 2.04 bits per heavy atom. The Balaban J connectivity index is 1.80. The first-order valence-electron chi connectivity index (χ1n) is 10.0. The minimum absolute atomic E-state index is 0.0560. The van der Waals surface area contributed by atoms with Crippen molar-refractivity contribution in [3.8, 4) is 0 Å². The summed E-state index contributed by atoms with van der Waals surface area (Å²) in [6, 6.07) is 10.3. The quantitative estimate of drug-likeness (QED) is 0.700. The van der Waals surface area contributed by atoms with Gasteiger partial charge in [-0.05, 0) is 52.1 Å². The molecule has 2 heterocycles. The maximum absolute atomic E-state index is 13.0. The van der Waals surface area contributed by atoms with E-state index >= 15 is 0 Å². The fraction of sp³-hybridized carbons (Fsp3) is 0.545. The molecule has 0 aliphatic carbocycles. The van der Waals surface area contributed by atoms with Gasteiger partial charge < -0.3 is 4.74 Å². The van der Waals surface area contributed by atoms with E-state index in [-0.39, 0.29) is 5.97 Å². The number of piperidine rings is 1. The highest BCUT2D eigenvalue weighted by Crippen LogP contribution is 2.36. The molecule has 146 valence electrons. The molecule has 1 atom stereocenters. The fourth-order valence-corrected chi connectivity index (χ4v) is 4.22. The predicted molar refractivity (Wildman–Crippen MR) is 106 cm³/mol. The number of carbonyl (C=O) groups is 1. The number of hydrogen-bond acceptors (Lipinski definition) is 4. The van der Waals surface area contributed by atoms with Gasteiger partial charge in [-0.2, -0.15) is 5.10 Å². The van der Waals surface area contributed by atoms with Crippen molar-refractivity contribution in [1.29, 1.82) is 0 Å². The maximum Gasteiger partial charge on any atom is 0.313 e. The zero-order valence-corrected chi connectivity index (χ0v) is 16.8. The fourth-order valence-electron chi connectivity index (χ4n) is 4.22. The van der Waals surface area contributed by atoms with Crippen LogP contribution in [0.3, 0.4) is 0 Å². The van der Waals surface area contributed by atoms with Crippen LogP contribution >= 0.6 is 0 Å². The van der Waals surface area contributed by atoms with Gasteiger partial charge in [0.15, 0.2) is 0 Å². The van der Waals surface area contributed by atoms with Crippen LogP contribution < -0.4 is 0 Å². The van der Waals surface area contributed by atoms with Crippen molar-refractivity contribution < 1.29 is 9.53 Å². The van der Waals surface area contributed by atoms with Crippen molar-refractivity contribution >= 4 is 5.97 Å². The van der Waals surface area contributed by atoms with Gasteiger partial charge in [0, 0.05) is 30.9 Å². The smallest absolute Gasteiger partial charge is 0.313 e. The van der Waals surface area contributed by atoms with E-state index in [0.29, 0.717) is 6.61 Å². The number of carbonyl (C=O) groups excluding carboxylic acids is 1. The van der Waals surface area contributed by atoms with E-state index in [9.17, 15) is 4.79 Å². The first kappa shape index (κ1) is 19.6. The highest BCUT2D eigenvalue weighted by atomic mass is 16.5. The van der Waals surface area contributed by atoms with Gasteiger partial charge in [0.05, 0.1) is 18.2 Å². The molecule has 27 heavy (non-hydrogen) atoms. The molecule has 1 aromatic carbocycles. The standard InChI is InChI=1S/C22H31N3O2/c1-4-25-18(3)20(15-23-25)16-24-13-9-12-22(17-24,21(26)27-5-2)14-19-10-7-6-8-11-19/h6-8,10-11,15H,4-5,9,12-14,16-17H2,1-3H3. The molecule has 2 aromatic rings. The molecule has 0 bridgehead atoms. The van der Waals surface area contributed by atoms with Crippen LogP contribution in [0.5, 0.6) is 0 Å². The van der Waals surface area contributed by atoms with Crippen LogP contribution in [0.4, 0.5) is 0 Å². The summed E-state index contributed by atoms with van der Waals surface area (Å²) < 4.78 is 7.55. The summed E-state index contributed by atoms with van der Waals surface area (Å²) in [6.45, 7) is 10.0. The Labute approximate surface area is 162 Å². The van der Waals surface area contributed by atoms with Gasteiger partial charge in [-0.1, -0.05) is 30.3 Å². The number of aryl methyl sites for hydroxylation is 1. The minimum Gasteiger partial charge on any atom is -0.466 e. The lowest BCUT2D eigenvalue weighted by molar-refractivity contribution is -0.159. The third-order valence-electron chi connectivity index (χ3n) is 5.65. The molecule has 0 saturated carbocycles. The Kier molecular flexibility index (Phi) is 6.32. The molecule has 3 rings (SSSR count). The van der Waals surface area contributed by atoms with E-state index < -0.39 is 5.41 Å². The van der Waals surface area contributed by atoms with Gasteiger partial charge in [0.25, 0.3) is 0 Å². The molecule has 0 spiro atoms. The van der Waals surface area contributed by atoms with E-state index in [2.05, 4.69) is 36.0 Å². The second kappa shape index (κ2) is 8.70. The summed E-state index contributed by atoms with van der Waals surface area (Å²) in [4.78, 5) is 15.4. The molecule has 1 unspecified atom stereocenters. The van der Waals surface area contributed by atoms with Crippen molar-refractivity contribution in [2.75, 3.05) is 19.7 Å². The Bertz CT molecular complexity index is 756. The number of likely N-dealkylation sites (tertiary alicyclic amines) is 1. The molecule has 0 N–H and O–H groups in total. The summed E-state index contributed by atoms with van der Waals surface area (Å²) in [5, 5.41) is 4.47. The molecule has 1 aromatic heterocycles. The zero-order chi connectivity index (χ0) is 19.3. The van der Waals surface area contributed by atoms with E-state index in [1.807, 2.05) is 36.0 Å². The van der Waals surface area contributed by atoms with Crippen molar-refractivity contribution in [3.63, 3.8) is 0 Å². The number of rotatable bonds is 7. The highest BCUT2D eigenvalue weighted by Gasteiger charge is 2.43. The van der Waals surface area contributed by atoms with Crippen LogP contribution in [-0.4, -0.2) is 40.3 Å². The van der Waals surface area contributed by atoms with Gasteiger partial charge >= 0.3 is 5.97 Å². The van der Waals surface area contributed by atoms with Gasteiger partial charge in [-0.25, -0.2) is 0 Å². The van der Waals surface area contributed by atoms with Gasteiger partial charge in [0.2, 0.25) is 0 Å². The number of benzene rings is 1. The van der Waals surface area contributed by atoms with Crippen molar-refractivity contribution in [2.45, 2.75) is 53.1 Å². The molecular formula is C22H31N3O2. The number of aromatic nitrogens is 2. The molecule has 1 aliphatic heterocycles. The molecule has 1 aliphatic rings. The van der Waals surface area contributed by atoms with Crippen LogP contribution in [0, 0.1) is 12.3 Å². The molecule has 0 amide bonds. The molecule has 5 heteroatoms. The van der Waals surface area contributed by atoms with E-state index in [0.717, 1.165) is 45.4 Å². The molecular weight excluding hydrogens is 338 g/mol. The second-order valence-corrected chi connectivity index (χ2v) is 7.55. The number of ether oxygens (including phenoxy) is 1. The van der Waals surface area contributed by atoms with Crippen LogP contribution in [-0.2, 0) is 29.0 Å². The first-order valence-corrected chi connectivity index (χ1v) is 10.0. The lowest BCUT2D eigenvalue weighted by atomic mass is 9.75. The lowest BCUT2D eigenvalue weighted by Crippen LogP contribution is -2.49. The van der Waals surface area contributed by atoms with Crippen molar-refractivity contribution in [1.82, 2.24) is 14.7 Å². The van der Waals surface area contributed by atoms with E-state index in [1.54, 1.807) is 0 Å². The average molecular weight is 370 g/mol. The number of nitrogens with zero attached hydrogens (tertiary/aromatic N) is 3. The van der Waals surface area contributed by atoms with Crippen LogP contribution in [0.1, 0.15) is 43.5 Å². The third-order valence-corrected chi connectivity index (χ3v) is 5.65. The minimum atomic E-state index is -0.468. The summed E-state index contributed by atoms with van der Waals surface area (Å²) in [7, 11) is 0. The predicted octanol–water partition coefficient (Wildman–Crippen LogP) is 3.60. The monoisotopic (exact) mass is 369 g/mol. The summed E-state index contributed by atoms with van der Waals surface area (Å²) in [5.74, 6) is -0.0560. The van der Waals surface area contributed by atoms with Crippen molar-refractivity contribution in [3.05, 3.63) is 53.3 Å². The average Bonchev–Trinajstić information content (AvgIpc) is 3.02. The van der Waals surface area contributed by atoms with Gasteiger partial charge in [-0.15, -0.1) is 0 Å². The molecule has 1 saturated heterocycles. The summed E-state index contributed by atoms with van der Waals surface area (Å²) in [5.41, 5.74) is 3.19. The summed E-state index contributed by atoms with van der Waals surface area (Å²) in [6.07, 6.45) is 4.59. The van der Waals surface area contributed by atoms with Crippen LogP contribution in [0.15, 0.2) is 36.5 Å².